The van der Waals surface area contributed by atoms with Gasteiger partial charge in [0.15, 0.2) is 0 Å². The summed E-state index contributed by atoms with van der Waals surface area (Å²) in [5, 5.41) is 4.38. The van der Waals surface area contributed by atoms with Crippen LogP contribution in [0.4, 0.5) is 5.69 Å². The van der Waals surface area contributed by atoms with Crippen LogP contribution in [-0.2, 0) is 18.3 Å². The molecule has 1 aromatic carbocycles. The fourth-order valence-corrected chi connectivity index (χ4v) is 4.27. The molecule has 1 aromatic heterocycles. The van der Waals surface area contributed by atoms with Crippen molar-refractivity contribution in [2.75, 3.05) is 11.4 Å². The summed E-state index contributed by atoms with van der Waals surface area (Å²) < 4.78 is 5.60. The van der Waals surface area contributed by atoms with Crippen molar-refractivity contribution in [1.82, 2.24) is 5.16 Å². The van der Waals surface area contributed by atoms with E-state index in [-0.39, 0.29) is 5.41 Å². The Morgan fingerprint density at radius 3 is 2.86 bits per heavy atom. The maximum absolute atomic E-state index is 5.60. The van der Waals surface area contributed by atoms with Gasteiger partial charge >= 0.3 is 0 Å². The van der Waals surface area contributed by atoms with Gasteiger partial charge in [-0.2, -0.15) is 0 Å². The van der Waals surface area contributed by atoms with Crippen LogP contribution in [0.3, 0.4) is 0 Å². The molecule has 28 heavy (non-hydrogen) atoms. The second-order valence-corrected chi connectivity index (χ2v) is 8.66. The Balaban J connectivity index is 1.56. The first-order valence-corrected chi connectivity index (χ1v) is 11.0. The van der Waals surface area contributed by atoms with E-state index in [2.05, 4.69) is 66.9 Å². The van der Waals surface area contributed by atoms with E-state index < -0.39 is 0 Å². The molecule has 3 heteroatoms. The van der Waals surface area contributed by atoms with E-state index in [0.717, 1.165) is 43.7 Å². The SMILES string of the molecule is CCCCCc1cc(C2(C#Cc3cccc4c3CCCN4C(C)C)CC2)no1. The first kappa shape index (κ1) is 19.1. The van der Waals surface area contributed by atoms with Crippen LogP contribution < -0.4 is 4.90 Å². The lowest BCUT2D eigenvalue weighted by Gasteiger charge is -2.35. The molecule has 3 nitrogen and oxygen atoms in total. The average Bonchev–Trinajstić information content (AvgIpc) is 3.35. The predicted octanol–water partition coefficient (Wildman–Crippen LogP) is 5.65. The first-order chi connectivity index (χ1) is 13.6. The van der Waals surface area contributed by atoms with E-state index in [0.29, 0.717) is 6.04 Å². The summed E-state index contributed by atoms with van der Waals surface area (Å²) in [6, 6.07) is 9.28. The van der Waals surface area contributed by atoms with Gasteiger partial charge in [-0.25, -0.2) is 0 Å². The molecule has 1 aliphatic carbocycles. The number of nitrogens with zero attached hydrogens (tertiary/aromatic N) is 2. The zero-order chi connectivity index (χ0) is 19.6. The normalized spacial score (nSPS) is 17.2. The highest BCUT2D eigenvalue weighted by atomic mass is 16.5. The van der Waals surface area contributed by atoms with Gasteiger partial charge in [0, 0.05) is 36.3 Å². The lowest BCUT2D eigenvalue weighted by atomic mass is 9.94. The Kier molecular flexibility index (Phi) is 5.49. The summed E-state index contributed by atoms with van der Waals surface area (Å²) in [7, 11) is 0. The average molecular weight is 377 g/mol. The van der Waals surface area contributed by atoms with E-state index in [1.807, 2.05) is 0 Å². The van der Waals surface area contributed by atoms with Crippen molar-refractivity contribution in [2.24, 2.45) is 0 Å². The van der Waals surface area contributed by atoms with Crippen LogP contribution in [0.25, 0.3) is 0 Å². The van der Waals surface area contributed by atoms with Gasteiger partial charge in [-0.3, -0.25) is 0 Å². The zero-order valence-electron chi connectivity index (χ0n) is 17.6. The minimum atomic E-state index is -0.0817. The highest BCUT2D eigenvalue weighted by Gasteiger charge is 2.45. The number of anilines is 1. The fraction of sp³-hybridized carbons (Fsp3) is 0.560. The van der Waals surface area contributed by atoms with Crippen LogP contribution in [0.1, 0.15) is 81.9 Å². The summed E-state index contributed by atoms with van der Waals surface area (Å²) in [5.74, 6) is 8.14. The Labute approximate surface area is 169 Å². The Hall–Kier alpha value is -2.21. The van der Waals surface area contributed by atoms with Crippen LogP contribution in [-0.4, -0.2) is 17.7 Å². The molecular formula is C25H32N2O. The van der Waals surface area contributed by atoms with Gasteiger partial charge in [0.1, 0.15) is 11.5 Å². The minimum Gasteiger partial charge on any atom is -0.369 e. The largest absolute Gasteiger partial charge is 0.369 e. The molecular weight excluding hydrogens is 344 g/mol. The highest BCUT2D eigenvalue weighted by molar-refractivity contribution is 5.63. The number of rotatable bonds is 6. The number of hydrogen-bond donors (Lipinski definition) is 0. The topological polar surface area (TPSA) is 29.3 Å². The van der Waals surface area contributed by atoms with Crippen LogP contribution in [0.2, 0.25) is 0 Å². The van der Waals surface area contributed by atoms with Crippen molar-refractivity contribution in [3.05, 3.63) is 46.8 Å². The third-order valence-corrected chi connectivity index (χ3v) is 6.17. The molecule has 0 unspecified atom stereocenters. The number of unbranched alkanes of at least 4 members (excludes halogenated alkanes) is 2. The number of aryl methyl sites for hydroxylation is 1. The molecule has 0 amide bonds. The van der Waals surface area contributed by atoms with Gasteiger partial charge in [0.2, 0.25) is 0 Å². The van der Waals surface area contributed by atoms with Crippen molar-refractivity contribution in [2.45, 2.75) is 83.6 Å². The van der Waals surface area contributed by atoms with E-state index in [1.165, 1.54) is 42.5 Å². The molecule has 0 atom stereocenters. The molecule has 2 aromatic rings. The van der Waals surface area contributed by atoms with Crippen molar-refractivity contribution >= 4 is 5.69 Å². The van der Waals surface area contributed by atoms with Gasteiger partial charge in [0.25, 0.3) is 0 Å². The second-order valence-electron chi connectivity index (χ2n) is 8.66. The third-order valence-electron chi connectivity index (χ3n) is 6.17. The smallest absolute Gasteiger partial charge is 0.137 e. The molecule has 0 saturated heterocycles. The quantitative estimate of drug-likeness (QED) is 0.482. The highest BCUT2D eigenvalue weighted by Crippen LogP contribution is 2.47. The molecule has 4 rings (SSSR count). The maximum atomic E-state index is 5.60. The van der Waals surface area contributed by atoms with Crippen molar-refractivity contribution in [3.8, 4) is 11.8 Å². The Morgan fingerprint density at radius 1 is 1.25 bits per heavy atom. The monoisotopic (exact) mass is 376 g/mol. The predicted molar refractivity (Wildman–Crippen MR) is 115 cm³/mol. The van der Waals surface area contributed by atoms with Gasteiger partial charge < -0.3 is 9.42 Å². The third kappa shape index (κ3) is 3.83. The molecule has 148 valence electrons. The molecule has 1 fully saturated rings. The first-order valence-electron chi connectivity index (χ1n) is 11.0. The summed E-state index contributed by atoms with van der Waals surface area (Å²) in [4.78, 5) is 2.51. The van der Waals surface area contributed by atoms with E-state index in [4.69, 9.17) is 4.52 Å². The Morgan fingerprint density at radius 2 is 2.11 bits per heavy atom. The lowest BCUT2D eigenvalue weighted by Crippen LogP contribution is -2.35. The van der Waals surface area contributed by atoms with Crippen LogP contribution in [0, 0.1) is 11.8 Å². The van der Waals surface area contributed by atoms with Crippen LogP contribution in [0.15, 0.2) is 28.8 Å². The molecule has 0 N–H and O–H groups in total. The molecule has 1 aliphatic heterocycles. The van der Waals surface area contributed by atoms with E-state index >= 15 is 0 Å². The summed E-state index contributed by atoms with van der Waals surface area (Å²) in [6.07, 6.45) is 9.15. The van der Waals surface area contributed by atoms with Crippen molar-refractivity contribution < 1.29 is 4.52 Å². The summed E-state index contributed by atoms with van der Waals surface area (Å²) in [5.41, 5.74) is 4.95. The minimum absolute atomic E-state index is 0.0817. The van der Waals surface area contributed by atoms with Crippen molar-refractivity contribution in [3.63, 3.8) is 0 Å². The van der Waals surface area contributed by atoms with Gasteiger partial charge in [-0.1, -0.05) is 42.8 Å². The fourth-order valence-electron chi connectivity index (χ4n) is 4.27. The number of aromatic nitrogens is 1. The van der Waals surface area contributed by atoms with Gasteiger partial charge in [-0.05, 0) is 63.6 Å². The second kappa shape index (κ2) is 8.03. The van der Waals surface area contributed by atoms with Crippen molar-refractivity contribution in [1.29, 1.82) is 0 Å². The molecule has 1 saturated carbocycles. The number of fused-ring (bicyclic) bond motifs is 1. The summed E-state index contributed by atoms with van der Waals surface area (Å²) >= 11 is 0. The molecule has 2 heterocycles. The van der Waals surface area contributed by atoms with E-state index in [9.17, 15) is 0 Å². The number of benzene rings is 1. The molecule has 2 aliphatic rings. The number of hydrogen-bond acceptors (Lipinski definition) is 3. The lowest BCUT2D eigenvalue weighted by molar-refractivity contribution is 0.371. The molecule has 0 radical (unpaired) electrons. The maximum Gasteiger partial charge on any atom is 0.137 e. The summed E-state index contributed by atoms with van der Waals surface area (Å²) in [6.45, 7) is 7.92. The van der Waals surface area contributed by atoms with E-state index in [1.54, 1.807) is 0 Å². The Bertz CT molecular complexity index is 879. The van der Waals surface area contributed by atoms with Crippen LogP contribution >= 0.6 is 0 Å². The molecule has 0 spiro atoms. The van der Waals surface area contributed by atoms with Gasteiger partial charge in [-0.15, -0.1) is 0 Å². The molecule has 0 bridgehead atoms. The van der Waals surface area contributed by atoms with Gasteiger partial charge in [0.05, 0.1) is 5.41 Å². The zero-order valence-corrected chi connectivity index (χ0v) is 17.6. The van der Waals surface area contributed by atoms with Crippen LogP contribution in [0.5, 0.6) is 0 Å². The standard InChI is InChI=1S/C25H32N2O/c1-4-5-6-10-21-18-24(26-28-21)25(15-16-25)14-13-20-9-7-12-23-22(20)11-8-17-27(23)19(2)3/h7,9,12,18-19H,4-6,8,10-11,15-17H2,1-3H3.